The highest BCUT2D eigenvalue weighted by molar-refractivity contribution is 14.1. The van der Waals surface area contributed by atoms with Crippen molar-refractivity contribution in [2.45, 2.75) is 13.5 Å². The van der Waals surface area contributed by atoms with Gasteiger partial charge in [0.1, 0.15) is 0 Å². The van der Waals surface area contributed by atoms with Crippen LogP contribution in [0.5, 0.6) is 11.5 Å². The second kappa shape index (κ2) is 11.8. The Balaban J connectivity index is 1.39. The normalized spacial score (nSPS) is 14.3. The summed E-state index contributed by atoms with van der Waals surface area (Å²) < 4.78 is 12.0. The van der Waals surface area contributed by atoms with Gasteiger partial charge in [-0.2, -0.15) is 0 Å². The van der Waals surface area contributed by atoms with Crippen LogP contribution in [-0.4, -0.2) is 28.6 Å². The summed E-state index contributed by atoms with van der Waals surface area (Å²) in [5.41, 5.74) is 1.74. The molecule has 0 aromatic heterocycles. The molecule has 0 saturated carbocycles. The van der Waals surface area contributed by atoms with Crippen molar-refractivity contribution in [3.8, 4) is 11.5 Å². The molecule has 1 saturated heterocycles. The number of imide groups is 1. The zero-order valence-electron chi connectivity index (χ0n) is 20.6. The molecular formula is C30H21ClINO5S. The maximum absolute atomic E-state index is 13.2. The van der Waals surface area contributed by atoms with Gasteiger partial charge in [0.05, 0.1) is 32.2 Å². The predicted octanol–water partition coefficient (Wildman–Crippen LogP) is 7.95. The van der Waals surface area contributed by atoms with Crippen LogP contribution >= 0.6 is 46.0 Å². The van der Waals surface area contributed by atoms with E-state index in [0.29, 0.717) is 26.4 Å². The molecule has 4 aromatic carbocycles. The number of halogens is 2. The van der Waals surface area contributed by atoms with Crippen molar-refractivity contribution in [2.24, 2.45) is 0 Å². The fourth-order valence-corrected chi connectivity index (χ4v) is 5.90. The number of fused-ring (bicyclic) bond motifs is 1. The standard InChI is InChI=1S/C30H21ClINO5S/c1-2-37-25-15-19(14-24(32)27(25)38-29(35)22-9-5-6-10-23(22)31)16-26-28(34)33(30(36)39-26)17-18-11-12-20-7-3-4-8-21(20)13-18/h3-16H,2,17H2,1H3/b26-16-. The smallest absolute Gasteiger partial charge is 0.345 e. The van der Waals surface area contributed by atoms with Crippen LogP contribution in [0.2, 0.25) is 5.02 Å². The molecule has 196 valence electrons. The second-order valence-corrected chi connectivity index (χ2v) is 11.1. The summed E-state index contributed by atoms with van der Waals surface area (Å²) in [4.78, 5) is 40.3. The lowest BCUT2D eigenvalue weighted by molar-refractivity contribution is -0.123. The maximum Gasteiger partial charge on any atom is 0.345 e. The van der Waals surface area contributed by atoms with Crippen LogP contribution in [0.25, 0.3) is 16.8 Å². The van der Waals surface area contributed by atoms with E-state index in [9.17, 15) is 14.4 Å². The zero-order valence-corrected chi connectivity index (χ0v) is 24.4. The molecule has 9 heteroatoms. The third kappa shape index (κ3) is 5.98. The molecule has 0 radical (unpaired) electrons. The van der Waals surface area contributed by atoms with Gasteiger partial charge in [-0.15, -0.1) is 0 Å². The predicted molar refractivity (Wildman–Crippen MR) is 162 cm³/mol. The number of carbonyl (C=O) groups is 3. The number of thioether (sulfide) groups is 1. The first-order valence-electron chi connectivity index (χ1n) is 12.0. The monoisotopic (exact) mass is 669 g/mol. The van der Waals surface area contributed by atoms with Crippen molar-refractivity contribution in [3.05, 3.63) is 109 Å². The molecule has 4 aromatic rings. The van der Waals surface area contributed by atoms with Gasteiger partial charge in [0.2, 0.25) is 0 Å². The minimum absolute atomic E-state index is 0.186. The lowest BCUT2D eigenvalue weighted by atomic mass is 10.1. The number of hydrogen-bond donors (Lipinski definition) is 0. The van der Waals surface area contributed by atoms with Gasteiger partial charge in [-0.3, -0.25) is 14.5 Å². The van der Waals surface area contributed by atoms with E-state index in [2.05, 4.69) is 0 Å². The van der Waals surface area contributed by atoms with Gasteiger partial charge in [0.15, 0.2) is 11.5 Å². The Hall–Kier alpha value is -3.34. The van der Waals surface area contributed by atoms with Gasteiger partial charge in [-0.05, 0) is 99.6 Å². The van der Waals surface area contributed by atoms with Gasteiger partial charge in [0.25, 0.3) is 11.1 Å². The molecule has 0 N–H and O–H groups in total. The van der Waals surface area contributed by atoms with Crippen molar-refractivity contribution in [1.82, 2.24) is 4.90 Å². The summed E-state index contributed by atoms with van der Waals surface area (Å²) >= 11 is 9.09. The Bertz CT molecular complexity index is 1650. The Morgan fingerprint density at radius 3 is 2.51 bits per heavy atom. The van der Waals surface area contributed by atoms with E-state index in [4.69, 9.17) is 21.1 Å². The molecule has 0 atom stereocenters. The van der Waals surface area contributed by atoms with Crippen LogP contribution in [0.3, 0.4) is 0 Å². The lowest BCUT2D eigenvalue weighted by Gasteiger charge is -2.14. The molecule has 1 fully saturated rings. The van der Waals surface area contributed by atoms with E-state index in [1.807, 2.05) is 72.0 Å². The molecule has 1 aliphatic heterocycles. The summed E-state index contributed by atoms with van der Waals surface area (Å²) in [5.74, 6) is -0.377. The molecule has 2 amide bonds. The highest BCUT2D eigenvalue weighted by Crippen LogP contribution is 2.38. The van der Waals surface area contributed by atoms with Crippen LogP contribution < -0.4 is 9.47 Å². The minimum Gasteiger partial charge on any atom is -0.490 e. The highest BCUT2D eigenvalue weighted by atomic mass is 127. The molecule has 0 spiro atoms. The van der Waals surface area contributed by atoms with E-state index < -0.39 is 5.97 Å². The van der Waals surface area contributed by atoms with Crippen molar-refractivity contribution in [1.29, 1.82) is 0 Å². The quantitative estimate of drug-likeness (QED) is 0.0861. The molecule has 6 nitrogen and oxygen atoms in total. The van der Waals surface area contributed by atoms with Crippen LogP contribution in [-0.2, 0) is 11.3 Å². The summed E-state index contributed by atoms with van der Waals surface area (Å²) in [6.45, 7) is 2.33. The van der Waals surface area contributed by atoms with Crippen molar-refractivity contribution < 1.29 is 23.9 Å². The lowest BCUT2D eigenvalue weighted by Crippen LogP contribution is -2.27. The van der Waals surface area contributed by atoms with Gasteiger partial charge >= 0.3 is 5.97 Å². The van der Waals surface area contributed by atoms with E-state index in [1.54, 1.807) is 42.5 Å². The average molecular weight is 670 g/mol. The number of rotatable bonds is 7. The third-order valence-electron chi connectivity index (χ3n) is 5.95. The van der Waals surface area contributed by atoms with Crippen LogP contribution in [0.1, 0.15) is 28.4 Å². The van der Waals surface area contributed by atoms with Gasteiger partial charge in [-0.1, -0.05) is 60.1 Å². The fraction of sp³-hybridized carbons (Fsp3) is 0.100. The fourth-order valence-electron chi connectivity index (χ4n) is 4.12. The highest BCUT2D eigenvalue weighted by Gasteiger charge is 2.35. The van der Waals surface area contributed by atoms with E-state index in [-0.39, 0.29) is 34.0 Å². The number of benzene rings is 4. The Kier molecular flexibility index (Phi) is 8.25. The molecule has 1 aliphatic rings. The van der Waals surface area contributed by atoms with Crippen molar-refractivity contribution in [2.75, 3.05) is 6.61 Å². The van der Waals surface area contributed by atoms with E-state index in [1.165, 1.54) is 4.90 Å². The maximum atomic E-state index is 13.2. The topological polar surface area (TPSA) is 72.9 Å². The van der Waals surface area contributed by atoms with Crippen LogP contribution in [0.15, 0.2) is 83.8 Å². The number of nitrogens with zero attached hydrogens (tertiary/aromatic N) is 1. The van der Waals surface area contributed by atoms with Crippen LogP contribution in [0.4, 0.5) is 4.79 Å². The van der Waals surface area contributed by atoms with Crippen molar-refractivity contribution >= 4 is 79.9 Å². The van der Waals surface area contributed by atoms with Crippen molar-refractivity contribution in [3.63, 3.8) is 0 Å². The van der Waals surface area contributed by atoms with Gasteiger partial charge in [0, 0.05) is 0 Å². The first-order valence-corrected chi connectivity index (χ1v) is 14.3. The molecule has 0 unspecified atom stereocenters. The second-order valence-electron chi connectivity index (χ2n) is 8.58. The first-order chi connectivity index (χ1) is 18.8. The Morgan fingerprint density at radius 1 is 1.00 bits per heavy atom. The first kappa shape index (κ1) is 27.2. The molecule has 1 heterocycles. The summed E-state index contributed by atoms with van der Waals surface area (Å²) in [7, 11) is 0. The molecule has 0 aliphatic carbocycles. The zero-order chi connectivity index (χ0) is 27.5. The Labute approximate surface area is 248 Å². The van der Waals surface area contributed by atoms with E-state index >= 15 is 0 Å². The third-order valence-corrected chi connectivity index (χ3v) is 7.98. The SMILES string of the molecule is CCOc1cc(/C=C2\SC(=O)N(Cc3ccc4ccccc4c3)C2=O)cc(I)c1OC(=O)c1ccccc1Cl. The summed E-state index contributed by atoms with van der Waals surface area (Å²) in [5, 5.41) is 2.10. The largest absolute Gasteiger partial charge is 0.490 e. The minimum atomic E-state index is -0.609. The molecular weight excluding hydrogens is 649 g/mol. The van der Waals surface area contributed by atoms with E-state index in [0.717, 1.165) is 28.1 Å². The average Bonchev–Trinajstić information content (AvgIpc) is 3.18. The number of hydrogen-bond acceptors (Lipinski definition) is 6. The number of carbonyl (C=O) groups excluding carboxylic acids is 3. The van der Waals surface area contributed by atoms with Gasteiger partial charge < -0.3 is 9.47 Å². The Morgan fingerprint density at radius 2 is 1.74 bits per heavy atom. The molecule has 5 rings (SSSR count). The number of amides is 2. The number of ether oxygens (including phenoxy) is 2. The molecule has 0 bridgehead atoms. The number of esters is 1. The van der Waals surface area contributed by atoms with Crippen LogP contribution in [0, 0.1) is 3.57 Å². The summed E-state index contributed by atoms with van der Waals surface area (Å²) in [6, 6.07) is 23.9. The molecule has 39 heavy (non-hydrogen) atoms. The van der Waals surface area contributed by atoms with Gasteiger partial charge in [-0.25, -0.2) is 4.79 Å². The summed E-state index contributed by atoms with van der Waals surface area (Å²) in [6.07, 6.45) is 1.65.